The number of unbranched alkanes of at least 4 members (excludes halogenated alkanes) is 3. The Bertz CT molecular complexity index is 1360. The molecule has 0 radical (unpaired) electrons. The minimum Gasteiger partial charge on any atom is -0.341 e. The van der Waals surface area contributed by atoms with Crippen molar-refractivity contribution in [3.63, 3.8) is 0 Å². The number of aryl methyl sites for hydroxylation is 2. The van der Waals surface area contributed by atoms with Crippen molar-refractivity contribution in [3.8, 4) is 0 Å². The van der Waals surface area contributed by atoms with Crippen molar-refractivity contribution < 1.29 is 18.6 Å². The average molecular weight is 597 g/mol. The zero-order valence-electron chi connectivity index (χ0n) is 27.4. The van der Waals surface area contributed by atoms with Crippen molar-refractivity contribution in [2.75, 3.05) is 72.4 Å². The number of imide groups is 1. The van der Waals surface area contributed by atoms with Crippen LogP contribution in [0.15, 0.2) is 72.8 Å². The molecule has 0 atom stereocenters. The molecule has 234 valence electrons. The van der Waals surface area contributed by atoms with Gasteiger partial charge >= 0.3 is 0 Å². The van der Waals surface area contributed by atoms with E-state index in [0.717, 1.165) is 47.9 Å². The van der Waals surface area contributed by atoms with E-state index in [1.165, 1.54) is 72.6 Å². The normalized spacial score (nSPS) is 14.8. The van der Waals surface area contributed by atoms with Gasteiger partial charge in [0.2, 0.25) is 0 Å². The van der Waals surface area contributed by atoms with Crippen molar-refractivity contribution >= 4 is 23.2 Å². The molecule has 6 heteroatoms. The van der Waals surface area contributed by atoms with E-state index in [1.807, 2.05) is 12.1 Å². The Labute approximate surface area is 265 Å². The standard InChI is InChI=1S/C38H52N4O2/c1-41(2,29-15-25-39-35-21-11-7-17-31(35)23-24-32-18-8-12-22-36(32)39)27-13-5-6-14-28-42(3,4)30-16-26-40-37(43)33-19-9-10-20-34(33)38(40)44/h7-12,17-22H,5-6,13-16,23-30H2,1-4H3/q+2. The molecule has 44 heavy (non-hydrogen) atoms. The molecule has 5 rings (SSSR count). The first kappa shape index (κ1) is 31.9. The van der Waals surface area contributed by atoms with E-state index in [2.05, 4.69) is 81.6 Å². The van der Waals surface area contributed by atoms with Gasteiger partial charge in [-0.05, 0) is 73.9 Å². The summed E-state index contributed by atoms with van der Waals surface area (Å²) in [5, 5.41) is 0. The summed E-state index contributed by atoms with van der Waals surface area (Å²) in [6, 6.07) is 25.1. The summed E-state index contributed by atoms with van der Waals surface area (Å²) in [6.07, 6.45) is 9.21. The first-order chi connectivity index (χ1) is 21.2. The molecule has 0 spiro atoms. The number of para-hydroxylation sites is 2. The predicted octanol–water partition coefficient (Wildman–Crippen LogP) is 6.71. The summed E-state index contributed by atoms with van der Waals surface area (Å²) < 4.78 is 1.99. The molecule has 0 aromatic heterocycles. The lowest BCUT2D eigenvalue weighted by molar-refractivity contribution is -0.891. The van der Waals surface area contributed by atoms with Gasteiger partial charge in [0.15, 0.2) is 0 Å². The predicted molar refractivity (Wildman–Crippen MR) is 180 cm³/mol. The van der Waals surface area contributed by atoms with Crippen molar-refractivity contribution in [3.05, 3.63) is 95.1 Å². The maximum atomic E-state index is 12.6. The van der Waals surface area contributed by atoms with Gasteiger partial charge in [-0.15, -0.1) is 0 Å². The number of nitrogens with zero attached hydrogens (tertiary/aromatic N) is 4. The molecule has 2 heterocycles. The molecule has 0 N–H and O–H groups in total. The van der Waals surface area contributed by atoms with Crippen LogP contribution in [0.3, 0.4) is 0 Å². The molecular weight excluding hydrogens is 544 g/mol. The van der Waals surface area contributed by atoms with E-state index in [-0.39, 0.29) is 11.8 Å². The zero-order valence-corrected chi connectivity index (χ0v) is 27.4. The number of fused-ring (bicyclic) bond motifs is 3. The lowest BCUT2D eigenvalue weighted by Crippen LogP contribution is -2.43. The Morgan fingerprint density at radius 2 is 0.886 bits per heavy atom. The second-order valence-electron chi connectivity index (χ2n) is 14.1. The second-order valence-corrected chi connectivity index (χ2v) is 14.1. The van der Waals surface area contributed by atoms with Crippen LogP contribution in [-0.4, -0.2) is 93.1 Å². The number of hydrogen-bond acceptors (Lipinski definition) is 3. The highest BCUT2D eigenvalue weighted by Crippen LogP contribution is 2.36. The highest BCUT2D eigenvalue weighted by Gasteiger charge is 2.35. The third-order valence-electron chi connectivity index (χ3n) is 9.67. The van der Waals surface area contributed by atoms with Gasteiger partial charge in [-0.25, -0.2) is 0 Å². The topological polar surface area (TPSA) is 40.6 Å². The van der Waals surface area contributed by atoms with Crippen LogP contribution in [0.1, 0.15) is 70.4 Å². The highest BCUT2D eigenvalue weighted by atomic mass is 16.2. The van der Waals surface area contributed by atoms with Crippen LogP contribution < -0.4 is 4.90 Å². The monoisotopic (exact) mass is 596 g/mol. The molecule has 3 aromatic rings. The lowest BCUT2D eigenvalue weighted by Gasteiger charge is -2.32. The second kappa shape index (κ2) is 14.1. The summed E-state index contributed by atoms with van der Waals surface area (Å²) in [4.78, 5) is 29.3. The van der Waals surface area contributed by atoms with E-state index in [4.69, 9.17) is 0 Å². The summed E-state index contributed by atoms with van der Waals surface area (Å²) in [5.74, 6) is -0.287. The van der Waals surface area contributed by atoms with Crippen molar-refractivity contribution in [1.82, 2.24) is 4.90 Å². The first-order valence-corrected chi connectivity index (χ1v) is 16.7. The SMILES string of the molecule is C[N+](C)(CCCCCC[N+](C)(C)CCCN1c2ccccc2CCc2ccccc21)CCCN1C(=O)c2ccccc2C1=O. The van der Waals surface area contributed by atoms with E-state index < -0.39 is 0 Å². The van der Waals surface area contributed by atoms with Crippen molar-refractivity contribution in [2.45, 2.75) is 51.4 Å². The molecule has 2 amide bonds. The average Bonchev–Trinajstić information content (AvgIpc) is 3.15. The van der Waals surface area contributed by atoms with Crippen LogP contribution >= 0.6 is 0 Å². The maximum absolute atomic E-state index is 12.6. The fourth-order valence-corrected chi connectivity index (χ4v) is 7.02. The zero-order chi connectivity index (χ0) is 31.2. The number of carbonyl (C=O) groups is 2. The van der Waals surface area contributed by atoms with Crippen LogP contribution in [0.5, 0.6) is 0 Å². The Morgan fingerprint density at radius 1 is 0.500 bits per heavy atom. The molecule has 3 aromatic carbocycles. The van der Waals surface area contributed by atoms with Crippen LogP contribution in [0.4, 0.5) is 11.4 Å². The molecule has 6 nitrogen and oxygen atoms in total. The van der Waals surface area contributed by atoms with E-state index in [1.54, 1.807) is 12.1 Å². The molecule has 2 aliphatic rings. The van der Waals surface area contributed by atoms with E-state index in [9.17, 15) is 9.59 Å². The van der Waals surface area contributed by atoms with Gasteiger partial charge in [0, 0.05) is 37.3 Å². The van der Waals surface area contributed by atoms with Crippen LogP contribution in [0.25, 0.3) is 0 Å². The third kappa shape index (κ3) is 7.77. The van der Waals surface area contributed by atoms with E-state index in [0.29, 0.717) is 17.7 Å². The minimum absolute atomic E-state index is 0.144. The lowest BCUT2D eigenvalue weighted by atomic mass is 10.0. The van der Waals surface area contributed by atoms with Crippen molar-refractivity contribution in [2.24, 2.45) is 0 Å². The minimum atomic E-state index is -0.144. The molecule has 2 aliphatic heterocycles. The van der Waals surface area contributed by atoms with Gasteiger partial charge in [0.25, 0.3) is 11.8 Å². The Balaban J connectivity index is 0.986. The number of amides is 2. The summed E-state index contributed by atoms with van der Waals surface area (Å²) >= 11 is 0. The molecular formula is C38H52N4O2+2. The maximum Gasteiger partial charge on any atom is 0.261 e. The highest BCUT2D eigenvalue weighted by molar-refractivity contribution is 6.21. The molecule has 0 fully saturated rings. The summed E-state index contributed by atoms with van der Waals surface area (Å²) in [5.41, 5.74) is 6.77. The van der Waals surface area contributed by atoms with Crippen LogP contribution in [-0.2, 0) is 12.8 Å². The van der Waals surface area contributed by atoms with Gasteiger partial charge in [-0.2, -0.15) is 0 Å². The largest absolute Gasteiger partial charge is 0.341 e. The number of carbonyl (C=O) groups excluding carboxylic acids is 2. The number of benzene rings is 3. The summed E-state index contributed by atoms with van der Waals surface area (Å²) in [6.45, 7) is 6.03. The van der Waals surface area contributed by atoms with Crippen LogP contribution in [0, 0.1) is 0 Å². The van der Waals surface area contributed by atoms with Gasteiger partial charge in [0.05, 0.1) is 65.5 Å². The summed E-state index contributed by atoms with van der Waals surface area (Å²) in [7, 11) is 9.31. The number of hydrogen-bond donors (Lipinski definition) is 0. The van der Waals surface area contributed by atoms with E-state index >= 15 is 0 Å². The quantitative estimate of drug-likeness (QED) is 0.111. The third-order valence-corrected chi connectivity index (χ3v) is 9.67. The molecule has 0 saturated carbocycles. The Morgan fingerprint density at radius 3 is 1.36 bits per heavy atom. The number of anilines is 2. The Hall–Kier alpha value is -3.48. The molecule has 0 bridgehead atoms. The Kier molecular flexibility index (Phi) is 10.2. The number of quaternary nitrogens is 2. The molecule has 0 aliphatic carbocycles. The fourth-order valence-electron chi connectivity index (χ4n) is 7.02. The number of rotatable bonds is 15. The molecule has 0 unspecified atom stereocenters. The smallest absolute Gasteiger partial charge is 0.261 e. The fraction of sp³-hybridized carbons (Fsp3) is 0.474. The van der Waals surface area contributed by atoms with Gasteiger partial charge < -0.3 is 13.9 Å². The van der Waals surface area contributed by atoms with Crippen LogP contribution in [0.2, 0.25) is 0 Å². The first-order valence-electron chi connectivity index (χ1n) is 16.7. The van der Waals surface area contributed by atoms with Gasteiger partial charge in [0.1, 0.15) is 0 Å². The van der Waals surface area contributed by atoms with Gasteiger partial charge in [-0.3, -0.25) is 14.5 Å². The van der Waals surface area contributed by atoms with Crippen molar-refractivity contribution in [1.29, 1.82) is 0 Å². The molecule has 0 saturated heterocycles. The van der Waals surface area contributed by atoms with Gasteiger partial charge in [-0.1, -0.05) is 48.5 Å².